The van der Waals surface area contributed by atoms with E-state index in [1.807, 2.05) is 48.5 Å². The van der Waals surface area contributed by atoms with Gasteiger partial charge in [0.1, 0.15) is 73.0 Å². The molecule has 0 radical (unpaired) electrons. The molecule has 0 unspecified atom stereocenters. The summed E-state index contributed by atoms with van der Waals surface area (Å²) in [6, 6.07) is 44.4. The first-order chi connectivity index (χ1) is 38.7. The molecule has 0 N–H and O–H groups in total. The minimum atomic E-state index is -0.168. The van der Waals surface area contributed by atoms with Crippen LogP contribution in [-0.2, 0) is 63.2 Å². The first-order valence-corrected chi connectivity index (χ1v) is 28.8. The predicted octanol–water partition coefficient (Wildman–Crippen LogP) is 14.1. The van der Waals surface area contributed by atoms with Gasteiger partial charge in [0.2, 0.25) is 0 Å². The number of hydrogen-bond donors (Lipinski definition) is 0. The summed E-state index contributed by atoms with van der Waals surface area (Å²) < 4.78 is 48.8. The Labute approximate surface area is 463 Å². The Bertz CT molecular complexity index is 2930. The van der Waals surface area contributed by atoms with Crippen molar-refractivity contribution in [1.29, 1.82) is 0 Å². The Hall–Kier alpha value is -6.96. The number of ether oxygens (including phenoxy) is 4. The second-order valence-electron chi connectivity index (χ2n) is 24.2. The van der Waals surface area contributed by atoms with Gasteiger partial charge in [0.25, 0.3) is 0 Å². The fourth-order valence-electron chi connectivity index (χ4n) is 14.8. The number of furan rings is 4. The summed E-state index contributed by atoms with van der Waals surface area (Å²) in [6.45, 7) is 13.5. The molecule has 14 rings (SSSR count). The minimum Gasteiger partial charge on any atom is -0.478 e. The average Bonchev–Trinajstić information content (AvgIpc) is 4.51. The van der Waals surface area contributed by atoms with Crippen LogP contribution in [0, 0.1) is 17.3 Å². The van der Waals surface area contributed by atoms with Gasteiger partial charge in [0.05, 0.1) is 51.2 Å². The van der Waals surface area contributed by atoms with Gasteiger partial charge in [-0.1, -0.05) is 38.1 Å². The highest BCUT2D eigenvalue weighted by Crippen LogP contribution is 2.58. The van der Waals surface area contributed by atoms with Crippen LogP contribution >= 0.6 is 0 Å². The zero-order valence-corrected chi connectivity index (χ0v) is 45.7. The van der Waals surface area contributed by atoms with Crippen LogP contribution in [0.15, 0.2) is 164 Å². The summed E-state index contributed by atoms with van der Waals surface area (Å²) in [4.78, 5) is 9.31. The van der Waals surface area contributed by atoms with Crippen LogP contribution in [0.5, 0.6) is 23.0 Å². The SMILES string of the molecule is CC(C)(C1CCC(c2ccc3c(c2)CN(Cc2ccco2)CO3)(c2ccc3c(c2)CN(Cc2ccco2)CO3)CC1)C1CCC(c2ccc3c(c2)CN(Cc2ccco2)CO3)(c2ccc3c(c2)CN(Cc2ccco2)CO3)CC1. The van der Waals surface area contributed by atoms with Crippen LogP contribution in [0.25, 0.3) is 0 Å². The van der Waals surface area contributed by atoms with Crippen LogP contribution in [0.3, 0.4) is 0 Å². The Morgan fingerprint density at radius 2 is 0.646 bits per heavy atom. The van der Waals surface area contributed by atoms with E-state index >= 15 is 0 Å². The van der Waals surface area contributed by atoms with E-state index < -0.39 is 0 Å². The van der Waals surface area contributed by atoms with Crippen LogP contribution in [0.4, 0.5) is 0 Å². The first-order valence-electron chi connectivity index (χ1n) is 28.8. The predicted molar refractivity (Wildman–Crippen MR) is 299 cm³/mol. The lowest BCUT2D eigenvalue weighted by molar-refractivity contribution is 0.0361. The molecule has 0 saturated heterocycles. The fourth-order valence-corrected chi connectivity index (χ4v) is 14.8. The van der Waals surface area contributed by atoms with Gasteiger partial charge in [-0.2, -0.15) is 0 Å². The summed E-state index contributed by atoms with van der Waals surface area (Å²) in [7, 11) is 0. The summed E-state index contributed by atoms with van der Waals surface area (Å²) >= 11 is 0. The van der Waals surface area contributed by atoms with E-state index in [2.05, 4.69) is 106 Å². The number of rotatable bonds is 14. The van der Waals surface area contributed by atoms with Crippen molar-refractivity contribution in [2.75, 3.05) is 26.9 Å². The molecular formula is C67H72N4O8. The Morgan fingerprint density at radius 3 is 0.886 bits per heavy atom. The number of benzene rings is 4. The minimum absolute atomic E-state index is 0.135. The topological polar surface area (TPSA) is 102 Å². The highest BCUT2D eigenvalue weighted by molar-refractivity contribution is 5.52. The molecule has 408 valence electrons. The van der Waals surface area contributed by atoms with Gasteiger partial charge in [-0.15, -0.1) is 0 Å². The number of nitrogens with zero attached hydrogens (tertiary/aromatic N) is 4. The lowest BCUT2D eigenvalue weighted by Gasteiger charge is -2.52. The quantitative estimate of drug-likeness (QED) is 0.104. The maximum atomic E-state index is 6.42. The fraction of sp³-hybridized carbons (Fsp3) is 0.403. The van der Waals surface area contributed by atoms with Crippen molar-refractivity contribution in [3.63, 3.8) is 0 Å². The molecule has 12 heteroatoms. The van der Waals surface area contributed by atoms with Gasteiger partial charge in [-0.3, -0.25) is 19.6 Å². The van der Waals surface area contributed by atoms with E-state index in [1.165, 1.54) is 44.5 Å². The molecule has 0 bridgehead atoms. The first kappa shape index (κ1) is 50.3. The molecule has 8 aromatic rings. The molecule has 8 heterocycles. The third-order valence-corrected chi connectivity index (χ3v) is 19.3. The third kappa shape index (κ3) is 9.89. The van der Waals surface area contributed by atoms with Crippen molar-refractivity contribution in [2.24, 2.45) is 17.3 Å². The highest BCUT2D eigenvalue weighted by atomic mass is 16.5. The lowest BCUT2D eigenvalue weighted by Crippen LogP contribution is -2.43. The molecule has 4 aromatic carbocycles. The molecule has 4 aromatic heterocycles. The maximum absolute atomic E-state index is 6.42. The standard InChI is InChI=1S/C67H72N4O8/c1-65(2,51-19-23-66(24-20-51,53-11-15-61-47(31-53)35-68(43-76-61)39-57-7-3-27-72-57)54-12-16-62-48(32-54)36-69(44-77-62)40-58-8-4-28-73-58)52-21-25-67(26-22-52,55-13-17-63-49(33-55)37-70(45-78-63)41-59-9-5-29-74-59)56-14-18-64-50(34-56)38-71(46-79-64)42-60-10-6-30-75-60/h3-18,27-34,51-52H,19-26,35-46H2,1-2H3. The van der Waals surface area contributed by atoms with Gasteiger partial charge >= 0.3 is 0 Å². The van der Waals surface area contributed by atoms with Crippen LogP contribution < -0.4 is 18.9 Å². The molecule has 0 spiro atoms. The zero-order chi connectivity index (χ0) is 53.0. The Morgan fingerprint density at radius 1 is 0.380 bits per heavy atom. The maximum Gasteiger partial charge on any atom is 0.142 e. The molecule has 79 heavy (non-hydrogen) atoms. The zero-order valence-electron chi connectivity index (χ0n) is 45.7. The third-order valence-electron chi connectivity index (χ3n) is 19.3. The van der Waals surface area contributed by atoms with Crippen molar-refractivity contribution in [2.45, 2.75) is 128 Å². The number of fused-ring (bicyclic) bond motifs is 4. The molecule has 2 fully saturated rings. The molecule has 0 atom stereocenters. The molecule has 2 aliphatic carbocycles. The molecule has 4 aliphatic heterocycles. The lowest BCUT2D eigenvalue weighted by atomic mass is 9.53. The Kier molecular flexibility index (Phi) is 13.3. The molecule has 2 saturated carbocycles. The molecule has 0 amide bonds. The van der Waals surface area contributed by atoms with E-state index in [4.69, 9.17) is 36.6 Å². The summed E-state index contributed by atoms with van der Waals surface area (Å²) in [6.07, 6.45) is 15.9. The monoisotopic (exact) mass is 1060 g/mol. The van der Waals surface area contributed by atoms with Gasteiger partial charge in [-0.25, -0.2) is 0 Å². The van der Waals surface area contributed by atoms with Crippen molar-refractivity contribution < 1.29 is 36.6 Å². The van der Waals surface area contributed by atoms with Crippen LogP contribution in [-0.4, -0.2) is 46.5 Å². The molecular weight excluding hydrogens is 989 g/mol. The number of hydrogen-bond acceptors (Lipinski definition) is 12. The van der Waals surface area contributed by atoms with Crippen LogP contribution in [0.2, 0.25) is 0 Å². The smallest absolute Gasteiger partial charge is 0.142 e. The molecule has 6 aliphatic rings. The highest BCUT2D eigenvalue weighted by Gasteiger charge is 2.49. The van der Waals surface area contributed by atoms with Gasteiger partial charge in [0.15, 0.2) is 0 Å². The average molecular weight is 1060 g/mol. The second kappa shape index (κ2) is 20.9. The summed E-state index contributed by atoms with van der Waals surface area (Å²) in [5.74, 6) is 8.89. The van der Waals surface area contributed by atoms with Gasteiger partial charge in [0, 0.05) is 59.3 Å². The van der Waals surface area contributed by atoms with E-state index in [0.29, 0.717) is 64.9 Å². The normalized spacial score (nSPS) is 20.0. The second-order valence-corrected chi connectivity index (χ2v) is 24.2. The van der Waals surface area contributed by atoms with E-state index in [-0.39, 0.29) is 16.2 Å². The van der Waals surface area contributed by atoms with Gasteiger partial charge in [-0.05, 0) is 188 Å². The van der Waals surface area contributed by atoms with Crippen molar-refractivity contribution in [3.8, 4) is 23.0 Å². The van der Waals surface area contributed by atoms with Gasteiger partial charge < -0.3 is 36.6 Å². The van der Waals surface area contributed by atoms with E-state index in [9.17, 15) is 0 Å². The van der Waals surface area contributed by atoms with Crippen LogP contribution in [0.1, 0.15) is 133 Å². The summed E-state index contributed by atoms with van der Waals surface area (Å²) in [5, 5.41) is 0. The molecule has 12 nitrogen and oxygen atoms in total. The van der Waals surface area contributed by atoms with Crippen molar-refractivity contribution in [1.82, 2.24) is 19.6 Å². The van der Waals surface area contributed by atoms with Crippen molar-refractivity contribution in [3.05, 3.63) is 214 Å². The largest absolute Gasteiger partial charge is 0.478 e. The van der Waals surface area contributed by atoms with E-state index in [1.54, 1.807) is 25.1 Å². The summed E-state index contributed by atoms with van der Waals surface area (Å²) in [5.41, 5.74) is 10.3. The van der Waals surface area contributed by atoms with E-state index in [0.717, 1.165) is 124 Å². The van der Waals surface area contributed by atoms with Crippen molar-refractivity contribution >= 4 is 0 Å². The Balaban J connectivity index is 0.743.